The normalized spacial score (nSPS) is 11.9. The molecule has 266 valence electrons. The van der Waals surface area contributed by atoms with Crippen LogP contribution in [0.2, 0.25) is 0 Å². The standard InChI is InChI=1S/C49H27N5O2S/c1-3-13-28(14-4-1)42-44-43(34-18-7-9-22-37(34)56-44)51-48(50-42)35-20-12-23-38-41(35)33-26-25-30(27-39(33)55-38)47-52-46(29-15-5-2-6-16-29)53-49(54-47)36-21-11-19-32-31-17-8-10-24-40(31)57-45(32)36/h1-27H. The van der Waals surface area contributed by atoms with Crippen LogP contribution >= 0.6 is 11.3 Å². The number of hydrogen-bond acceptors (Lipinski definition) is 8. The van der Waals surface area contributed by atoms with Crippen molar-refractivity contribution < 1.29 is 8.83 Å². The molecule has 0 unspecified atom stereocenters. The predicted octanol–water partition coefficient (Wildman–Crippen LogP) is 13.2. The first-order valence-electron chi connectivity index (χ1n) is 18.7. The zero-order chi connectivity index (χ0) is 37.5. The Morgan fingerprint density at radius 3 is 1.89 bits per heavy atom. The van der Waals surface area contributed by atoms with E-state index in [4.69, 9.17) is 33.8 Å². The first kappa shape index (κ1) is 31.8. The third-order valence-electron chi connectivity index (χ3n) is 10.6. The highest BCUT2D eigenvalue weighted by molar-refractivity contribution is 7.26. The summed E-state index contributed by atoms with van der Waals surface area (Å²) < 4.78 is 15.4. The molecular weight excluding hydrogens is 723 g/mol. The maximum Gasteiger partial charge on any atom is 0.180 e. The summed E-state index contributed by atoms with van der Waals surface area (Å²) in [6, 6.07) is 55.2. The molecule has 0 bridgehead atoms. The van der Waals surface area contributed by atoms with Crippen molar-refractivity contribution in [3.63, 3.8) is 0 Å². The Bertz CT molecular complexity index is 3540. The molecule has 0 spiro atoms. The Morgan fingerprint density at radius 2 is 1.04 bits per heavy atom. The number of aromatic nitrogens is 5. The Balaban J connectivity index is 1.04. The molecule has 0 aliphatic rings. The minimum atomic E-state index is 0.563. The van der Waals surface area contributed by atoms with Gasteiger partial charge in [0.2, 0.25) is 0 Å². The van der Waals surface area contributed by atoms with Crippen LogP contribution in [-0.2, 0) is 0 Å². The topological polar surface area (TPSA) is 90.7 Å². The minimum Gasteiger partial charge on any atom is -0.456 e. The fourth-order valence-corrected chi connectivity index (χ4v) is 9.13. The lowest BCUT2D eigenvalue weighted by Gasteiger charge is -2.09. The molecule has 0 N–H and O–H groups in total. The molecule has 57 heavy (non-hydrogen) atoms. The second kappa shape index (κ2) is 12.5. The third kappa shape index (κ3) is 5.08. The lowest BCUT2D eigenvalue weighted by Crippen LogP contribution is -2.00. The maximum atomic E-state index is 6.61. The molecule has 7 nitrogen and oxygen atoms in total. The van der Waals surface area contributed by atoms with Gasteiger partial charge in [0.15, 0.2) is 28.9 Å². The molecule has 0 saturated heterocycles. The van der Waals surface area contributed by atoms with Crippen LogP contribution in [0.5, 0.6) is 0 Å². The molecule has 12 rings (SSSR count). The monoisotopic (exact) mass is 749 g/mol. The summed E-state index contributed by atoms with van der Waals surface area (Å²) in [5.41, 5.74) is 8.92. The summed E-state index contributed by atoms with van der Waals surface area (Å²) in [5, 5.41) is 5.24. The fourth-order valence-electron chi connectivity index (χ4n) is 7.92. The van der Waals surface area contributed by atoms with Crippen molar-refractivity contribution in [3.05, 3.63) is 164 Å². The molecule has 0 fully saturated rings. The van der Waals surface area contributed by atoms with Crippen LogP contribution in [0, 0.1) is 0 Å². The van der Waals surface area contributed by atoms with Crippen molar-refractivity contribution in [2.45, 2.75) is 0 Å². The van der Waals surface area contributed by atoms with Crippen molar-refractivity contribution in [3.8, 4) is 56.8 Å². The molecule has 0 aliphatic carbocycles. The molecule has 12 aromatic rings. The van der Waals surface area contributed by atoms with Gasteiger partial charge in [-0.1, -0.05) is 121 Å². The Kier molecular flexibility index (Phi) is 6.96. The molecular formula is C49H27N5O2S. The molecule has 0 radical (unpaired) electrons. The molecule has 5 heterocycles. The lowest BCUT2D eigenvalue weighted by molar-refractivity contribution is 0.667. The first-order valence-corrected chi connectivity index (χ1v) is 19.5. The van der Waals surface area contributed by atoms with Gasteiger partial charge in [-0.3, -0.25) is 0 Å². The molecule has 0 aliphatic heterocycles. The largest absolute Gasteiger partial charge is 0.456 e. The summed E-state index contributed by atoms with van der Waals surface area (Å²) in [4.78, 5) is 25.6. The highest BCUT2D eigenvalue weighted by atomic mass is 32.1. The van der Waals surface area contributed by atoms with Crippen LogP contribution in [0.15, 0.2) is 173 Å². The quantitative estimate of drug-likeness (QED) is 0.173. The van der Waals surface area contributed by atoms with Crippen molar-refractivity contribution in [2.75, 3.05) is 0 Å². The van der Waals surface area contributed by atoms with E-state index in [1.807, 2.05) is 103 Å². The Hall–Kier alpha value is -7.55. The summed E-state index contributed by atoms with van der Waals surface area (Å²) in [5.74, 6) is 2.38. The van der Waals surface area contributed by atoms with Crippen LogP contribution in [0.4, 0.5) is 0 Å². The number of fused-ring (bicyclic) bond motifs is 9. The van der Waals surface area contributed by atoms with Crippen molar-refractivity contribution in [1.82, 2.24) is 24.9 Å². The van der Waals surface area contributed by atoms with Gasteiger partial charge < -0.3 is 8.83 Å². The first-order chi connectivity index (χ1) is 28.2. The van der Waals surface area contributed by atoms with Crippen molar-refractivity contribution in [2.24, 2.45) is 0 Å². The lowest BCUT2D eigenvalue weighted by atomic mass is 10.0. The van der Waals surface area contributed by atoms with Gasteiger partial charge in [-0.05, 0) is 42.5 Å². The maximum absolute atomic E-state index is 6.61. The fraction of sp³-hybridized carbons (Fsp3) is 0. The molecule has 0 amide bonds. The van der Waals surface area contributed by atoms with Crippen LogP contribution in [0.3, 0.4) is 0 Å². The second-order valence-electron chi connectivity index (χ2n) is 14.0. The third-order valence-corrected chi connectivity index (χ3v) is 11.8. The van der Waals surface area contributed by atoms with E-state index in [2.05, 4.69) is 60.7 Å². The van der Waals surface area contributed by atoms with E-state index < -0.39 is 0 Å². The zero-order valence-electron chi connectivity index (χ0n) is 30.0. The average Bonchev–Trinajstić information content (AvgIpc) is 3.97. The van der Waals surface area contributed by atoms with Crippen molar-refractivity contribution in [1.29, 1.82) is 0 Å². The van der Waals surface area contributed by atoms with Crippen LogP contribution in [0.1, 0.15) is 0 Å². The number of rotatable bonds is 5. The van der Waals surface area contributed by atoms with E-state index in [1.54, 1.807) is 11.3 Å². The number of para-hydroxylation sites is 1. The van der Waals surface area contributed by atoms with E-state index in [0.717, 1.165) is 71.1 Å². The van der Waals surface area contributed by atoms with Gasteiger partial charge in [0.25, 0.3) is 0 Å². The molecule has 0 saturated carbocycles. The molecule has 7 aromatic carbocycles. The summed E-state index contributed by atoms with van der Waals surface area (Å²) in [6.45, 7) is 0. The van der Waals surface area contributed by atoms with Gasteiger partial charge in [-0.25, -0.2) is 24.9 Å². The number of furan rings is 2. The van der Waals surface area contributed by atoms with Crippen LogP contribution in [0.25, 0.3) is 121 Å². The molecule has 8 heteroatoms. The van der Waals surface area contributed by atoms with Crippen LogP contribution < -0.4 is 0 Å². The van der Waals surface area contributed by atoms with Gasteiger partial charge in [-0.15, -0.1) is 11.3 Å². The van der Waals surface area contributed by atoms with Gasteiger partial charge in [0.05, 0.1) is 0 Å². The van der Waals surface area contributed by atoms with Gasteiger partial charge in [0, 0.05) is 64.1 Å². The van der Waals surface area contributed by atoms with Crippen molar-refractivity contribution >= 4 is 75.5 Å². The highest BCUT2D eigenvalue weighted by Gasteiger charge is 2.22. The highest BCUT2D eigenvalue weighted by Crippen LogP contribution is 2.42. The zero-order valence-corrected chi connectivity index (χ0v) is 30.9. The van der Waals surface area contributed by atoms with Crippen LogP contribution in [-0.4, -0.2) is 24.9 Å². The number of nitrogens with zero attached hydrogens (tertiary/aromatic N) is 5. The number of hydrogen-bond donors (Lipinski definition) is 0. The SMILES string of the molecule is c1ccc(-c2nc(-c3ccc4c(c3)oc3cccc(-c5nc(-c6ccccc6)c6oc7ccccc7c6n5)c34)nc(-c3cccc4c3sc3ccccc34)n2)cc1. The van der Waals surface area contributed by atoms with E-state index in [1.165, 1.54) is 15.5 Å². The van der Waals surface area contributed by atoms with Gasteiger partial charge >= 0.3 is 0 Å². The smallest absolute Gasteiger partial charge is 0.180 e. The minimum absolute atomic E-state index is 0.563. The number of thiophene rings is 1. The Labute approximate surface area is 328 Å². The molecule has 5 aromatic heterocycles. The van der Waals surface area contributed by atoms with Gasteiger partial charge in [-0.2, -0.15) is 0 Å². The molecule has 0 atom stereocenters. The number of benzene rings is 7. The summed E-state index contributed by atoms with van der Waals surface area (Å²) in [6.07, 6.45) is 0. The van der Waals surface area contributed by atoms with E-state index in [-0.39, 0.29) is 0 Å². The Morgan fingerprint density at radius 1 is 0.386 bits per heavy atom. The van der Waals surface area contributed by atoms with E-state index >= 15 is 0 Å². The van der Waals surface area contributed by atoms with Gasteiger partial charge in [0.1, 0.15) is 28.0 Å². The summed E-state index contributed by atoms with van der Waals surface area (Å²) >= 11 is 1.76. The van der Waals surface area contributed by atoms with E-state index in [0.29, 0.717) is 34.5 Å². The predicted molar refractivity (Wildman–Crippen MR) is 230 cm³/mol. The summed E-state index contributed by atoms with van der Waals surface area (Å²) in [7, 11) is 0. The average molecular weight is 750 g/mol. The second-order valence-corrected chi connectivity index (χ2v) is 15.0. The van der Waals surface area contributed by atoms with E-state index in [9.17, 15) is 0 Å².